The molecule has 0 saturated carbocycles. The molecule has 0 aliphatic heterocycles. The molecule has 0 radical (unpaired) electrons. The molecule has 13 heavy (non-hydrogen) atoms. The Bertz CT molecular complexity index is 261. The lowest BCUT2D eigenvalue weighted by Gasteiger charge is -1.95. The maximum absolute atomic E-state index is 9.94. The average molecular weight is 246 g/mol. The zero-order chi connectivity index (χ0) is 10.1. The molecule has 1 rings (SSSR count). The zero-order valence-corrected chi connectivity index (χ0v) is 8.19. The van der Waals surface area contributed by atoms with Gasteiger partial charge < -0.3 is 10.4 Å². The third-order valence-electron chi connectivity index (χ3n) is 1.07. The lowest BCUT2D eigenvalue weighted by atomic mass is 10.3. The third kappa shape index (κ3) is 5.86. The molecule has 1 aromatic rings. The minimum Gasteiger partial charge on any atom is -0.483 e. The highest BCUT2D eigenvalue weighted by atomic mass is 79.9. The molecular weight excluding hydrogens is 238 g/mol. The van der Waals surface area contributed by atoms with Gasteiger partial charge in [0.05, 0.1) is 0 Å². The molecule has 70 valence electrons. The summed E-state index contributed by atoms with van der Waals surface area (Å²) < 4.78 is 1.00. The lowest BCUT2D eigenvalue weighted by Crippen LogP contribution is -1.91. The number of nitrogens with one attached hydrogen (secondary N) is 1. The standard InChI is InChI=1S/C7H6BrNO.CH2O2/c8-6-1-3-7(4-2-6)9-5-10;2-1-3/h1-5H,(H,9,10);1H,(H,2,3). The van der Waals surface area contributed by atoms with Crippen LogP contribution in [0.5, 0.6) is 0 Å². The van der Waals surface area contributed by atoms with Gasteiger partial charge in [-0.1, -0.05) is 15.9 Å². The summed E-state index contributed by atoms with van der Waals surface area (Å²) >= 11 is 3.28. The summed E-state index contributed by atoms with van der Waals surface area (Å²) in [5.74, 6) is 0. The van der Waals surface area contributed by atoms with Crippen molar-refractivity contribution in [2.45, 2.75) is 0 Å². The first kappa shape index (κ1) is 11.6. The van der Waals surface area contributed by atoms with Crippen molar-refractivity contribution in [1.82, 2.24) is 0 Å². The van der Waals surface area contributed by atoms with E-state index in [0.29, 0.717) is 6.41 Å². The van der Waals surface area contributed by atoms with E-state index >= 15 is 0 Å². The fourth-order valence-corrected chi connectivity index (χ4v) is 0.878. The summed E-state index contributed by atoms with van der Waals surface area (Å²) in [6.45, 7) is -0.250. The lowest BCUT2D eigenvalue weighted by molar-refractivity contribution is -0.122. The van der Waals surface area contributed by atoms with Crippen molar-refractivity contribution in [3.8, 4) is 0 Å². The van der Waals surface area contributed by atoms with E-state index in [-0.39, 0.29) is 6.47 Å². The SMILES string of the molecule is O=CNc1ccc(Br)cc1.O=CO. The van der Waals surface area contributed by atoms with Gasteiger partial charge in [0.25, 0.3) is 6.47 Å². The smallest absolute Gasteiger partial charge is 0.290 e. The van der Waals surface area contributed by atoms with Crippen molar-refractivity contribution in [2.75, 3.05) is 5.32 Å². The highest BCUT2D eigenvalue weighted by molar-refractivity contribution is 9.10. The van der Waals surface area contributed by atoms with Gasteiger partial charge in [0.15, 0.2) is 0 Å². The quantitative estimate of drug-likeness (QED) is 0.780. The second kappa shape index (κ2) is 7.30. The van der Waals surface area contributed by atoms with E-state index in [1.165, 1.54) is 0 Å². The van der Waals surface area contributed by atoms with Crippen molar-refractivity contribution >= 4 is 34.5 Å². The number of rotatable bonds is 2. The van der Waals surface area contributed by atoms with Crippen molar-refractivity contribution in [1.29, 1.82) is 0 Å². The van der Waals surface area contributed by atoms with Crippen LogP contribution in [0.2, 0.25) is 0 Å². The number of carboxylic acid groups (broad SMARTS) is 1. The van der Waals surface area contributed by atoms with Gasteiger partial charge in [-0.05, 0) is 24.3 Å². The fraction of sp³-hybridized carbons (Fsp3) is 0. The Morgan fingerprint density at radius 1 is 1.23 bits per heavy atom. The molecule has 0 aromatic heterocycles. The van der Waals surface area contributed by atoms with Crippen LogP contribution in [0.1, 0.15) is 0 Å². The number of hydrogen-bond donors (Lipinski definition) is 2. The van der Waals surface area contributed by atoms with E-state index in [2.05, 4.69) is 21.2 Å². The summed E-state index contributed by atoms with van der Waals surface area (Å²) in [6.07, 6.45) is 0.656. The molecule has 0 saturated heterocycles. The predicted molar refractivity (Wildman–Crippen MR) is 52.5 cm³/mol. The van der Waals surface area contributed by atoms with Gasteiger partial charge in [-0.15, -0.1) is 0 Å². The number of benzene rings is 1. The Kier molecular flexibility index (Phi) is 6.53. The molecule has 0 heterocycles. The Morgan fingerprint density at radius 2 is 1.69 bits per heavy atom. The summed E-state index contributed by atoms with van der Waals surface area (Å²) in [5, 5.41) is 9.42. The van der Waals surface area contributed by atoms with E-state index in [9.17, 15) is 4.79 Å². The average Bonchev–Trinajstić information content (AvgIpc) is 2.11. The molecule has 0 aliphatic carbocycles. The molecule has 0 fully saturated rings. The summed E-state index contributed by atoms with van der Waals surface area (Å²) in [5.41, 5.74) is 0.804. The van der Waals surface area contributed by atoms with E-state index < -0.39 is 0 Å². The maximum atomic E-state index is 9.94. The van der Waals surface area contributed by atoms with Gasteiger partial charge in [0, 0.05) is 10.2 Å². The Hall–Kier alpha value is -1.36. The van der Waals surface area contributed by atoms with E-state index in [1.54, 1.807) is 0 Å². The Morgan fingerprint density at radius 3 is 2.08 bits per heavy atom. The maximum Gasteiger partial charge on any atom is 0.290 e. The van der Waals surface area contributed by atoms with Crippen molar-refractivity contribution < 1.29 is 14.7 Å². The minimum absolute atomic E-state index is 0.250. The molecule has 0 spiro atoms. The first-order valence-corrected chi connectivity index (χ1v) is 4.07. The molecule has 1 amide bonds. The van der Waals surface area contributed by atoms with Crippen molar-refractivity contribution in [3.63, 3.8) is 0 Å². The van der Waals surface area contributed by atoms with Crippen LogP contribution < -0.4 is 5.32 Å². The molecule has 5 heteroatoms. The van der Waals surface area contributed by atoms with Crippen molar-refractivity contribution in [2.24, 2.45) is 0 Å². The molecule has 0 unspecified atom stereocenters. The van der Waals surface area contributed by atoms with Gasteiger partial charge in [0.1, 0.15) is 0 Å². The number of carbonyl (C=O) groups excluding carboxylic acids is 1. The molecule has 0 atom stereocenters. The van der Waals surface area contributed by atoms with Gasteiger partial charge in [-0.3, -0.25) is 9.59 Å². The molecule has 4 nitrogen and oxygen atoms in total. The largest absolute Gasteiger partial charge is 0.483 e. The van der Waals surface area contributed by atoms with Gasteiger partial charge in [-0.2, -0.15) is 0 Å². The number of carbonyl (C=O) groups is 2. The topological polar surface area (TPSA) is 66.4 Å². The normalized spacial score (nSPS) is 7.77. The van der Waals surface area contributed by atoms with Crippen LogP contribution >= 0.6 is 15.9 Å². The highest BCUT2D eigenvalue weighted by Crippen LogP contribution is 2.12. The number of amides is 1. The summed E-state index contributed by atoms with van der Waals surface area (Å²) in [7, 11) is 0. The van der Waals surface area contributed by atoms with E-state index in [0.717, 1.165) is 10.2 Å². The zero-order valence-electron chi connectivity index (χ0n) is 6.61. The monoisotopic (exact) mass is 245 g/mol. The molecular formula is C8H8BrNO3. The van der Waals surface area contributed by atoms with Gasteiger partial charge >= 0.3 is 0 Å². The van der Waals surface area contributed by atoms with Crippen LogP contribution in [0, 0.1) is 0 Å². The van der Waals surface area contributed by atoms with Crippen LogP contribution in [0.4, 0.5) is 5.69 Å². The summed E-state index contributed by atoms with van der Waals surface area (Å²) in [4.78, 5) is 18.3. The minimum atomic E-state index is -0.250. The molecule has 2 N–H and O–H groups in total. The number of hydrogen-bond acceptors (Lipinski definition) is 2. The fourth-order valence-electron chi connectivity index (χ4n) is 0.614. The molecule has 0 bridgehead atoms. The Labute approximate surface area is 83.7 Å². The second-order valence-electron chi connectivity index (χ2n) is 1.87. The molecule has 0 aliphatic rings. The predicted octanol–water partition coefficient (Wildman–Crippen LogP) is 1.72. The van der Waals surface area contributed by atoms with Crippen LogP contribution in [0.3, 0.4) is 0 Å². The van der Waals surface area contributed by atoms with Crippen LogP contribution in [0.15, 0.2) is 28.7 Å². The van der Waals surface area contributed by atoms with E-state index in [4.69, 9.17) is 9.90 Å². The van der Waals surface area contributed by atoms with Crippen LogP contribution in [0.25, 0.3) is 0 Å². The number of halogens is 1. The highest BCUT2D eigenvalue weighted by Gasteiger charge is 1.87. The summed E-state index contributed by atoms with van der Waals surface area (Å²) in [6, 6.07) is 7.37. The van der Waals surface area contributed by atoms with Crippen LogP contribution in [-0.4, -0.2) is 18.0 Å². The van der Waals surface area contributed by atoms with Gasteiger partial charge in [-0.25, -0.2) is 0 Å². The first-order chi connectivity index (χ1) is 6.24. The van der Waals surface area contributed by atoms with Gasteiger partial charge in [0.2, 0.25) is 6.41 Å². The number of anilines is 1. The second-order valence-corrected chi connectivity index (χ2v) is 2.79. The molecule has 1 aromatic carbocycles. The van der Waals surface area contributed by atoms with Crippen LogP contribution in [-0.2, 0) is 9.59 Å². The first-order valence-electron chi connectivity index (χ1n) is 3.28. The van der Waals surface area contributed by atoms with Crippen molar-refractivity contribution in [3.05, 3.63) is 28.7 Å². The van der Waals surface area contributed by atoms with E-state index in [1.807, 2.05) is 24.3 Å². The Balaban J connectivity index is 0.000000424. The third-order valence-corrected chi connectivity index (χ3v) is 1.60.